The third-order valence-corrected chi connectivity index (χ3v) is 4.14. The maximum Gasteiger partial charge on any atom is 0.356 e. The largest absolute Gasteiger partial charge is 0.464 e. The summed E-state index contributed by atoms with van der Waals surface area (Å²) < 4.78 is 6.76. The summed E-state index contributed by atoms with van der Waals surface area (Å²) in [5, 5.41) is 0. The minimum Gasteiger partial charge on any atom is -0.464 e. The summed E-state index contributed by atoms with van der Waals surface area (Å²) in [7, 11) is 1.39. The van der Waals surface area contributed by atoms with Crippen LogP contribution in [0.15, 0.2) is 61.1 Å². The number of ether oxygens (including phenoxy) is 1. The lowest BCUT2D eigenvalue weighted by atomic mass is 10.1. The van der Waals surface area contributed by atoms with Gasteiger partial charge in [0.25, 0.3) is 0 Å². The van der Waals surface area contributed by atoms with Crippen molar-refractivity contribution in [1.29, 1.82) is 0 Å². The molecule has 0 saturated heterocycles. The second-order valence-electron chi connectivity index (χ2n) is 5.25. The summed E-state index contributed by atoms with van der Waals surface area (Å²) in [6.45, 7) is 0. The zero-order valence-corrected chi connectivity index (χ0v) is 12.1. The predicted octanol–water partition coefficient (Wildman–Crippen LogP) is 3.29. The van der Waals surface area contributed by atoms with E-state index in [9.17, 15) is 4.79 Å². The van der Waals surface area contributed by atoms with Crippen molar-refractivity contribution >= 4 is 5.97 Å². The van der Waals surface area contributed by atoms with Crippen LogP contribution in [0, 0.1) is 0 Å². The van der Waals surface area contributed by atoms with Gasteiger partial charge in [-0.2, -0.15) is 0 Å². The summed E-state index contributed by atoms with van der Waals surface area (Å²) in [6, 6.07) is 16.5. The maximum atomic E-state index is 12.0. The Kier molecular flexibility index (Phi) is 2.82. The van der Waals surface area contributed by atoms with Crippen molar-refractivity contribution in [2.24, 2.45) is 0 Å². The normalized spacial score (nSPS) is 12.8. The second-order valence-corrected chi connectivity index (χ2v) is 5.25. The Hall–Kier alpha value is -2.88. The fourth-order valence-corrected chi connectivity index (χ4v) is 3.20. The monoisotopic (exact) mass is 290 g/mol. The van der Waals surface area contributed by atoms with Crippen LogP contribution >= 0.6 is 0 Å². The first-order chi connectivity index (χ1) is 10.8. The van der Waals surface area contributed by atoms with Gasteiger partial charge >= 0.3 is 5.97 Å². The molecule has 0 spiro atoms. The molecule has 1 aliphatic carbocycles. The Bertz CT molecular complexity index is 821. The van der Waals surface area contributed by atoms with Crippen LogP contribution in [-0.4, -0.2) is 22.6 Å². The van der Waals surface area contributed by atoms with E-state index in [1.165, 1.54) is 29.4 Å². The van der Waals surface area contributed by atoms with Gasteiger partial charge in [-0.3, -0.25) is 0 Å². The summed E-state index contributed by atoms with van der Waals surface area (Å²) in [4.78, 5) is 16.1. The van der Waals surface area contributed by atoms with E-state index in [1.807, 2.05) is 28.8 Å². The van der Waals surface area contributed by atoms with Crippen molar-refractivity contribution in [3.8, 4) is 11.1 Å². The van der Waals surface area contributed by atoms with Gasteiger partial charge in [0.15, 0.2) is 0 Å². The first kappa shape index (κ1) is 12.8. The van der Waals surface area contributed by atoms with Gasteiger partial charge in [-0.05, 0) is 22.3 Å². The van der Waals surface area contributed by atoms with Gasteiger partial charge in [0.05, 0.1) is 25.7 Å². The van der Waals surface area contributed by atoms with Crippen molar-refractivity contribution in [2.75, 3.05) is 7.11 Å². The van der Waals surface area contributed by atoms with Crippen molar-refractivity contribution in [2.45, 2.75) is 6.04 Å². The molecule has 0 bridgehead atoms. The predicted molar refractivity (Wildman–Crippen MR) is 82.7 cm³/mol. The molecule has 1 aliphatic rings. The molecule has 2 aromatic carbocycles. The molecule has 0 saturated carbocycles. The van der Waals surface area contributed by atoms with E-state index >= 15 is 0 Å². The number of esters is 1. The summed E-state index contributed by atoms with van der Waals surface area (Å²) in [5.41, 5.74) is 5.21. The van der Waals surface area contributed by atoms with Crippen molar-refractivity contribution in [3.63, 3.8) is 0 Å². The average Bonchev–Trinajstić information content (AvgIpc) is 3.16. The molecule has 4 rings (SSSR count). The van der Waals surface area contributed by atoms with Gasteiger partial charge in [-0.15, -0.1) is 0 Å². The number of benzene rings is 2. The summed E-state index contributed by atoms with van der Waals surface area (Å²) in [6.07, 6.45) is 3.24. The van der Waals surface area contributed by atoms with E-state index in [2.05, 4.69) is 29.2 Å². The first-order valence-corrected chi connectivity index (χ1v) is 7.09. The van der Waals surface area contributed by atoms with Crippen LogP contribution in [0.25, 0.3) is 11.1 Å². The summed E-state index contributed by atoms with van der Waals surface area (Å²) >= 11 is 0. The third-order valence-electron chi connectivity index (χ3n) is 4.14. The molecule has 108 valence electrons. The molecular weight excluding hydrogens is 276 g/mol. The van der Waals surface area contributed by atoms with Gasteiger partial charge in [0.2, 0.25) is 0 Å². The Morgan fingerprint density at radius 1 is 1.05 bits per heavy atom. The number of carbonyl (C=O) groups excluding carboxylic acids is 1. The molecule has 4 heteroatoms. The number of nitrogens with zero attached hydrogens (tertiary/aromatic N) is 2. The molecule has 1 aromatic heterocycles. The number of imidazole rings is 1. The Balaban J connectivity index is 1.97. The Morgan fingerprint density at radius 3 is 2.23 bits per heavy atom. The van der Waals surface area contributed by atoms with Gasteiger partial charge in [-0.1, -0.05) is 48.5 Å². The fraction of sp³-hybridized carbons (Fsp3) is 0.111. The highest BCUT2D eigenvalue weighted by atomic mass is 16.5. The molecule has 0 amide bonds. The van der Waals surface area contributed by atoms with E-state index in [4.69, 9.17) is 4.74 Å². The molecule has 22 heavy (non-hydrogen) atoms. The number of methoxy groups -OCH3 is 1. The molecule has 0 aliphatic heterocycles. The molecule has 0 unspecified atom stereocenters. The van der Waals surface area contributed by atoms with Crippen molar-refractivity contribution in [1.82, 2.24) is 9.55 Å². The molecular formula is C18H14N2O2. The number of fused-ring (bicyclic) bond motifs is 3. The van der Waals surface area contributed by atoms with Crippen LogP contribution in [0.4, 0.5) is 0 Å². The molecule has 0 radical (unpaired) electrons. The van der Waals surface area contributed by atoms with E-state index in [0.717, 1.165) is 0 Å². The minimum atomic E-state index is -0.376. The Morgan fingerprint density at radius 2 is 1.64 bits per heavy atom. The number of hydrogen-bond acceptors (Lipinski definition) is 3. The van der Waals surface area contributed by atoms with Gasteiger partial charge < -0.3 is 9.30 Å². The van der Waals surface area contributed by atoms with Crippen LogP contribution in [0.2, 0.25) is 0 Å². The smallest absolute Gasteiger partial charge is 0.356 e. The van der Waals surface area contributed by atoms with Crippen LogP contribution < -0.4 is 0 Å². The second kappa shape index (κ2) is 4.84. The van der Waals surface area contributed by atoms with Gasteiger partial charge in [0, 0.05) is 0 Å². The molecule has 0 fully saturated rings. The number of carbonyl (C=O) groups is 1. The highest BCUT2D eigenvalue weighted by Gasteiger charge is 2.31. The average molecular weight is 290 g/mol. The quantitative estimate of drug-likeness (QED) is 0.532. The van der Waals surface area contributed by atoms with Crippen LogP contribution in [-0.2, 0) is 4.74 Å². The number of aromatic nitrogens is 2. The Labute approximate surface area is 128 Å². The third kappa shape index (κ3) is 1.70. The van der Waals surface area contributed by atoms with Gasteiger partial charge in [0.1, 0.15) is 5.69 Å². The highest BCUT2D eigenvalue weighted by molar-refractivity contribution is 5.88. The molecule has 4 nitrogen and oxygen atoms in total. The van der Waals surface area contributed by atoms with E-state index in [0.29, 0.717) is 5.69 Å². The SMILES string of the molecule is COC(=O)c1cncn1C1c2ccccc2-c2ccccc21. The lowest BCUT2D eigenvalue weighted by molar-refractivity contribution is 0.0588. The fourth-order valence-electron chi connectivity index (χ4n) is 3.20. The summed E-state index contributed by atoms with van der Waals surface area (Å²) in [5.74, 6) is -0.376. The van der Waals surface area contributed by atoms with Crippen LogP contribution in [0.3, 0.4) is 0 Å². The van der Waals surface area contributed by atoms with E-state index in [-0.39, 0.29) is 12.0 Å². The molecule has 0 atom stereocenters. The molecule has 0 N–H and O–H groups in total. The maximum absolute atomic E-state index is 12.0. The van der Waals surface area contributed by atoms with Crippen LogP contribution in [0.5, 0.6) is 0 Å². The standard InChI is InChI=1S/C18H14N2O2/c1-22-18(21)16-10-19-11-20(16)17-14-8-4-2-6-12(14)13-7-3-5-9-15(13)17/h2-11,17H,1H3. The molecule has 3 aromatic rings. The van der Waals surface area contributed by atoms with Crippen LogP contribution in [0.1, 0.15) is 27.7 Å². The van der Waals surface area contributed by atoms with Crippen molar-refractivity contribution < 1.29 is 9.53 Å². The topological polar surface area (TPSA) is 44.1 Å². The van der Waals surface area contributed by atoms with E-state index < -0.39 is 0 Å². The van der Waals surface area contributed by atoms with Crippen molar-refractivity contribution in [3.05, 3.63) is 77.9 Å². The lowest BCUT2D eigenvalue weighted by Gasteiger charge is -2.17. The highest BCUT2D eigenvalue weighted by Crippen LogP contribution is 2.45. The first-order valence-electron chi connectivity index (χ1n) is 7.09. The minimum absolute atomic E-state index is 0.0519. The van der Waals surface area contributed by atoms with Gasteiger partial charge in [-0.25, -0.2) is 9.78 Å². The molecule has 1 heterocycles. The zero-order valence-electron chi connectivity index (χ0n) is 12.1. The number of hydrogen-bond donors (Lipinski definition) is 0. The lowest BCUT2D eigenvalue weighted by Crippen LogP contribution is -2.16. The zero-order chi connectivity index (χ0) is 15.1. The number of rotatable bonds is 2. The van der Waals surface area contributed by atoms with E-state index in [1.54, 1.807) is 12.5 Å².